The van der Waals surface area contributed by atoms with Gasteiger partial charge in [0.25, 0.3) is 0 Å². The normalized spacial score (nSPS) is 11.0. The number of phenolic OH excluding ortho intramolecular Hbond substituents is 1. The van der Waals surface area contributed by atoms with Crippen molar-refractivity contribution in [2.45, 2.75) is 32.1 Å². The molecular weight excluding hydrogens is 314 g/mol. The molecule has 0 heterocycles. The predicted molar refractivity (Wildman–Crippen MR) is 92.4 cm³/mol. The van der Waals surface area contributed by atoms with Crippen molar-refractivity contribution in [2.24, 2.45) is 0 Å². The number of methoxy groups -OCH3 is 2. The van der Waals surface area contributed by atoms with E-state index in [1.165, 1.54) is 20.3 Å². The first-order chi connectivity index (χ1) is 10.8. The molecule has 7 heteroatoms. The van der Waals surface area contributed by atoms with E-state index in [0.717, 1.165) is 6.04 Å². The van der Waals surface area contributed by atoms with E-state index in [1.54, 1.807) is 6.07 Å². The summed E-state index contributed by atoms with van der Waals surface area (Å²) in [5, 5.41) is 12.6. The molecule has 0 aromatic heterocycles. The van der Waals surface area contributed by atoms with Crippen LogP contribution in [0, 0.1) is 0 Å². The van der Waals surface area contributed by atoms with Crippen molar-refractivity contribution in [2.75, 3.05) is 27.4 Å². The van der Waals surface area contributed by atoms with Crippen LogP contribution in [-0.4, -0.2) is 46.6 Å². The lowest BCUT2D eigenvalue weighted by Gasteiger charge is -2.15. The van der Waals surface area contributed by atoms with Crippen LogP contribution in [0.1, 0.15) is 5.56 Å². The van der Waals surface area contributed by atoms with Crippen LogP contribution in [0.3, 0.4) is 0 Å². The van der Waals surface area contributed by atoms with Crippen LogP contribution >= 0.6 is 0 Å². The monoisotopic (exact) mass is 341 g/mol. The summed E-state index contributed by atoms with van der Waals surface area (Å²) >= 11 is 0. The van der Waals surface area contributed by atoms with Gasteiger partial charge in [0.1, 0.15) is 5.75 Å². The van der Waals surface area contributed by atoms with Gasteiger partial charge in [-0.15, -0.1) is 0 Å². The highest BCUT2D eigenvalue weighted by Gasteiger charge is 2.14. The standard InChI is InChI=1S/C16H27NO5Si/c1-20-14-10-12(13(18)11-15(14)21-2)6-7-17-16(19)22-8-9-23(3,4)5/h10-11,18H,6-9H2,1-5H3,(H,17,19). The third-order valence-electron chi connectivity index (χ3n) is 3.33. The average molecular weight is 341 g/mol. The molecule has 0 radical (unpaired) electrons. The Labute approximate surface area is 138 Å². The van der Waals surface area contributed by atoms with Crippen molar-refractivity contribution in [1.29, 1.82) is 0 Å². The van der Waals surface area contributed by atoms with Crippen molar-refractivity contribution in [3.8, 4) is 17.2 Å². The van der Waals surface area contributed by atoms with Gasteiger partial charge in [-0.1, -0.05) is 19.6 Å². The Hall–Kier alpha value is -1.89. The molecule has 0 fully saturated rings. The zero-order valence-electron chi connectivity index (χ0n) is 14.6. The number of rotatable bonds is 8. The number of benzene rings is 1. The van der Waals surface area contributed by atoms with E-state index in [2.05, 4.69) is 25.0 Å². The lowest BCUT2D eigenvalue weighted by molar-refractivity contribution is 0.152. The number of hydrogen-bond donors (Lipinski definition) is 2. The topological polar surface area (TPSA) is 77.0 Å². The van der Waals surface area contributed by atoms with Crippen LogP contribution in [0.25, 0.3) is 0 Å². The molecule has 0 aliphatic rings. The predicted octanol–water partition coefficient (Wildman–Crippen LogP) is 3.02. The summed E-state index contributed by atoms with van der Waals surface area (Å²) in [4.78, 5) is 11.6. The quantitative estimate of drug-likeness (QED) is 0.711. The summed E-state index contributed by atoms with van der Waals surface area (Å²) in [5.74, 6) is 1.11. The molecule has 0 aliphatic carbocycles. The number of amides is 1. The molecule has 6 nitrogen and oxygen atoms in total. The average Bonchev–Trinajstić information content (AvgIpc) is 2.47. The zero-order chi connectivity index (χ0) is 17.5. The number of alkyl carbamates (subject to hydrolysis) is 1. The summed E-state index contributed by atoms with van der Waals surface area (Å²) in [5.41, 5.74) is 0.671. The highest BCUT2D eigenvalue weighted by atomic mass is 28.3. The van der Waals surface area contributed by atoms with E-state index < -0.39 is 14.2 Å². The largest absolute Gasteiger partial charge is 0.508 e. The van der Waals surface area contributed by atoms with E-state index >= 15 is 0 Å². The number of carbonyl (C=O) groups is 1. The van der Waals surface area contributed by atoms with Crippen LogP contribution < -0.4 is 14.8 Å². The Kier molecular flexibility index (Phi) is 7.22. The maximum Gasteiger partial charge on any atom is 0.407 e. The second-order valence-corrected chi connectivity index (χ2v) is 12.1. The van der Waals surface area contributed by atoms with Gasteiger partial charge >= 0.3 is 6.09 Å². The number of ether oxygens (including phenoxy) is 3. The summed E-state index contributed by atoms with van der Waals surface area (Å²) in [7, 11) is 1.84. The molecule has 0 unspecified atom stereocenters. The van der Waals surface area contributed by atoms with Crippen LogP contribution in [0.15, 0.2) is 12.1 Å². The van der Waals surface area contributed by atoms with E-state index in [1.807, 2.05) is 0 Å². The van der Waals surface area contributed by atoms with Gasteiger partial charge in [0.15, 0.2) is 11.5 Å². The van der Waals surface area contributed by atoms with Gasteiger partial charge in [0, 0.05) is 20.7 Å². The Balaban J connectivity index is 2.45. The molecule has 1 aromatic carbocycles. The van der Waals surface area contributed by atoms with Crippen LogP contribution in [-0.2, 0) is 11.2 Å². The Morgan fingerprint density at radius 2 is 1.78 bits per heavy atom. The maximum absolute atomic E-state index is 11.6. The number of hydrogen-bond acceptors (Lipinski definition) is 5. The first-order valence-electron chi connectivity index (χ1n) is 7.61. The Morgan fingerprint density at radius 1 is 1.17 bits per heavy atom. The number of nitrogens with one attached hydrogen (secondary N) is 1. The second-order valence-electron chi connectivity index (χ2n) is 6.46. The van der Waals surface area contributed by atoms with E-state index in [0.29, 0.717) is 36.6 Å². The molecule has 130 valence electrons. The molecule has 0 bridgehead atoms. The third kappa shape index (κ3) is 6.81. The molecule has 1 amide bonds. The van der Waals surface area contributed by atoms with E-state index in [-0.39, 0.29) is 5.75 Å². The fourth-order valence-corrected chi connectivity index (χ4v) is 2.63. The van der Waals surface area contributed by atoms with Crippen LogP contribution in [0.2, 0.25) is 25.7 Å². The number of aromatic hydroxyl groups is 1. The van der Waals surface area contributed by atoms with Crippen molar-refractivity contribution in [1.82, 2.24) is 5.32 Å². The minimum atomic E-state index is -1.20. The van der Waals surface area contributed by atoms with E-state index in [4.69, 9.17) is 14.2 Å². The minimum Gasteiger partial charge on any atom is -0.508 e. The minimum absolute atomic E-state index is 0.108. The van der Waals surface area contributed by atoms with Gasteiger partial charge in [-0.25, -0.2) is 4.79 Å². The molecule has 1 rings (SSSR count). The van der Waals surface area contributed by atoms with E-state index in [9.17, 15) is 9.90 Å². The molecule has 0 spiro atoms. The van der Waals surface area contributed by atoms with Crippen molar-refractivity contribution in [3.63, 3.8) is 0 Å². The highest BCUT2D eigenvalue weighted by Crippen LogP contribution is 2.34. The SMILES string of the molecule is COc1cc(O)c(CCNC(=O)OCC[Si](C)(C)C)cc1OC. The molecule has 0 aliphatic heterocycles. The fourth-order valence-electron chi connectivity index (χ4n) is 1.91. The molecule has 1 aromatic rings. The first-order valence-corrected chi connectivity index (χ1v) is 11.3. The Bertz CT molecular complexity index is 528. The molecule has 0 saturated carbocycles. The first kappa shape index (κ1) is 19.2. The van der Waals surface area contributed by atoms with Crippen molar-refractivity contribution < 1.29 is 24.1 Å². The Morgan fingerprint density at radius 3 is 2.35 bits per heavy atom. The molecule has 0 saturated heterocycles. The van der Waals surface area contributed by atoms with Crippen molar-refractivity contribution in [3.05, 3.63) is 17.7 Å². The fraction of sp³-hybridized carbons (Fsp3) is 0.562. The second kappa shape index (κ2) is 8.66. The summed E-state index contributed by atoms with van der Waals surface area (Å²) in [6.07, 6.45) is 0.0400. The molecular formula is C16H27NO5Si. The lowest BCUT2D eigenvalue weighted by Crippen LogP contribution is -2.29. The smallest absolute Gasteiger partial charge is 0.407 e. The molecule has 2 N–H and O–H groups in total. The van der Waals surface area contributed by atoms with Crippen molar-refractivity contribution >= 4 is 14.2 Å². The zero-order valence-corrected chi connectivity index (χ0v) is 15.6. The highest BCUT2D eigenvalue weighted by molar-refractivity contribution is 6.76. The van der Waals surface area contributed by atoms with Gasteiger partial charge < -0.3 is 24.6 Å². The van der Waals surface area contributed by atoms with Gasteiger partial charge in [-0.05, 0) is 24.1 Å². The van der Waals surface area contributed by atoms with Crippen LogP contribution in [0.4, 0.5) is 4.79 Å². The van der Waals surface area contributed by atoms with Gasteiger partial charge in [-0.2, -0.15) is 0 Å². The molecule has 0 atom stereocenters. The molecule has 23 heavy (non-hydrogen) atoms. The summed E-state index contributed by atoms with van der Waals surface area (Å²) < 4.78 is 15.5. The summed E-state index contributed by atoms with van der Waals surface area (Å²) in [6.45, 7) is 7.51. The van der Waals surface area contributed by atoms with Gasteiger partial charge in [0.05, 0.1) is 20.8 Å². The van der Waals surface area contributed by atoms with Gasteiger partial charge in [-0.3, -0.25) is 0 Å². The van der Waals surface area contributed by atoms with Gasteiger partial charge in [0.2, 0.25) is 0 Å². The maximum atomic E-state index is 11.6. The number of carbonyl (C=O) groups excluding carboxylic acids is 1. The van der Waals surface area contributed by atoms with Crippen LogP contribution in [0.5, 0.6) is 17.2 Å². The number of phenols is 1. The lowest BCUT2D eigenvalue weighted by atomic mass is 10.1. The summed E-state index contributed by atoms with van der Waals surface area (Å²) in [6, 6.07) is 4.14. The third-order valence-corrected chi connectivity index (χ3v) is 5.04.